The van der Waals surface area contributed by atoms with Gasteiger partial charge in [0.2, 0.25) is 0 Å². The lowest BCUT2D eigenvalue weighted by Gasteiger charge is -2.20. The molecule has 0 saturated carbocycles. The van der Waals surface area contributed by atoms with Gasteiger partial charge in [0.05, 0.1) is 0 Å². The van der Waals surface area contributed by atoms with Crippen LogP contribution in [0.1, 0.15) is 18.1 Å². The monoisotopic (exact) mass is 298 g/mol. The third-order valence-electron chi connectivity index (χ3n) is 3.90. The molecule has 0 amide bonds. The number of nitrogens with zero attached hydrogens (tertiary/aromatic N) is 1. The molecule has 0 spiro atoms. The molecule has 0 atom stereocenters. The van der Waals surface area contributed by atoms with E-state index in [4.69, 9.17) is 0 Å². The van der Waals surface area contributed by atoms with Crippen LogP contribution >= 0.6 is 0 Å². The number of aromatic hydroxyl groups is 1. The molecular formula is C18H19FN2O. The number of nitrogens with one attached hydrogen (secondary N) is 1. The van der Waals surface area contributed by atoms with Crippen LogP contribution < -0.4 is 0 Å². The van der Waals surface area contributed by atoms with E-state index in [1.165, 1.54) is 6.07 Å². The smallest absolute Gasteiger partial charge is 0.125 e. The van der Waals surface area contributed by atoms with Gasteiger partial charge in [0.1, 0.15) is 11.6 Å². The van der Waals surface area contributed by atoms with Gasteiger partial charge in [0, 0.05) is 30.2 Å². The van der Waals surface area contributed by atoms with Crippen molar-refractivity contribution in [3.63, 3.8) is 0 Å². The molecular weight excluding hydrogens is 279 g/mol. The van der Waals surface area contributed by atoms with Crippen molar-refractivity contribution in [2.24, 2.45) is 0 Å². The molecule has 0 unspecified atom stereocenters. The number of aromatic nitrogens is 1. The maximum Gasteiger partial charge on any atom is 0.125 e. The first-order valence-corrected chi connectivity index (χ1v) is 7.42. The van der Waals surface area contributed by atoms with Crippen LogP contribution in [0.3, 0.4) is 0 Å². The SMILES string of the molecule is CCN(Cc1cccc(F)c1)Cc1c[nH]c2cccc(O)c12. The fraction of sp³-hybridized carbons (Fsp3) is 0.222. The van der Waals surface area contributed by atoms with Crippen LogP contribution in [0.25, 0.3) is 10.9 Å². The standard InChI is InChI=1S/C18H19FN2O/c1-2-21(11-13-5-3-6-15(19)9-13)12-14-10-20-16-7-4-8-17(22)18(14)16/h3-10,20,22H,2,11-12H2,1H3. The van der Waals surface area contributed by atoms with Gasteiger partial charge in [0.25, 0.3) is 0 Å². The van der Waals surface area contributed by atoms with Crippen LogP contribution in [0.5, 0.6) is 5.75 Å². The van der Waals surface area contributed by atoms with Crippen LogP contribution in [0.2, 0.25) is 0 Å². The van der Waals surface area contributed by atoms with E-state index in [2.05, 4.69) is 16.8 Å². The summed E-state index contributed by atoms with van der Waals surface area (Å²) in [6.07, 6.45) is 1.93. The second-order valence-electron chi connectivity index (χ2n) is 5.45. The predicted octanol–water partition coefficient (Wildman–Crippen LogP) is 4.03. The molecule has 0 fully saturated rings. The fourth-order valence-electron chi connectivity index (χ4n) is 2.77. The topological polar surface area (TPSA) is 39.3 Å². The lowest BCUT2D eigenvalue weighted by Crippen LogP contribution is -2.22. The van der Waals surface area contributed by atoms with E-state index in [0.29, 0.717) is 13.1 Å². The third kappa shape index (κ3) is 2.97. The normalized spacial score (nSPS) is 11.4. The van der Waals surface area contributed by atoms with E-state index in [1.54, 1.807) is 18.2 Å². The molecule has 2 aromatic carbocycles. The summed E-state index contributed by atoms with van der Waals surface area (Å²) in [6.45, 7) is 4.30. The minimum Gasteiger partial charge on any atom is -0.507 e. The molecule has 4 heteroatoms. The number of hydrogen-bond acceptors (Lipinski definition) is 2. The second kappa shape index (κ2) is 6.20. The molecule has 0 saturated heterocycles. The van der Waals surface area contributed by atoms with Crippen LogP contribution in [-0.4, -0.2) is 21.5 Å². The number of phenols is 1. The zero-order valence-corrected chi connectivity index (χ0v) is 12.5. The lowest BCUT2D eigenvalue weighted by atomic mass is 10.1. The van der Waals surface area contributed by atoms with Crippen LogP contribution in [0.15, 0.2) is 48.7 Å². The Bertz CT molecular complexity index is 782. The molecule has 0 aliphatic rings. The molecule has 2 N–H and O–H groups in total. The van der Waals surface area contributed by atoms with E-state index in [9.17, 15) is 9.50 Å². The summed E-state index contributed by atoms with van der Waals surface area (Å²) >= 11 is 0. The van der Waals surface area contributed by atoms with Crippen molar-refractivity contribution in [2.45, 2.75) is 20.0 Å². The van der Waals surface area contributed by atoms with Gasteiger partial charge in [-0.05, 0) is 41.9 Å². The Balaban J connectivity index is 1.82. The largest absolute Gasteiger partial charge is 0.507 e. The molecule has 1 aromatic heterocycles. The molecule has 3 nitrogen and oxygen atoms in total. The fourth-order valence-corrected chi connectivity index (χ4v) is 2.77. The maximum atomic E-state index is 13.3. The molecule has 0 bridgehead atoms. The molecule has 22 heavy (non-hydrogen) atoms. The first-order valence-electron chi connectivity index (χ1n) is 7.42. The number of rotatable bonds is 5. The highest BCUT2D eigenvalue weighted by atomic mass is 19.1. The van der Waals surface area contributed by atoms with Crippen molar-refractivity contribution >= 4 is 10.9 Å². The zero-order valence-electron chi connectivity index (χ0n) is 12.5. The molecule has 1 heterocycles. The van der Waals surface area contributed by atoms with Gasteiger partial charge in [0.15, 0.2) is 0 Å². The van der Waals surface area contributed by atoms with Gasteiger partial charge in [-0.2, -0.15) is 0 Å². The van der Waals surface area contributed by atoms with Crippen LogP contribution in [0, 0.1) is 5.82 Å². The van der Waals surface area contributed by atoms with E-state index in [0.717, 1.165) is 28.6 Å². The van der Waals surface area contributed by atoms with Crippen molar-refractivity contribution in [1.82, 2.24) is 9.88 Å². The molecule has 0 aliphatic carbocycles. The number of aromatic amines is 1. The minimum absolute atomic E-state index is 0.210. The van der Waals surface area contributed by atoms with Crippen molar-refractivity contribution < 1.29 is 9.50 Å². The maximum absolute atomic E-state index is 13.3. The van der Waals surface area contributed by atoms with Gasteiger partial charge in [-0.25, -0.2) is 4.39 Å². The summed E-state index contributed by atoms with van der Waals surface area (Å²) in [5, 5.41) is 10.9. The van der Waals surface area contributed by atoms with E-state index in [1.807, 2.05) is 24.4 Å². The first-order chi connectivity index (χ1) is 10.7. The van der Waals surface area contributed by atoms with Crippen molar-refractivity contribution in [3.05, 3.63) is 65.6 Å². The quantitative estimate of drug-likeness (QED) is 0.746. The average Bonchev–Trinajstić information content (AvgIpc) is 2.91. The highest BCUT2D eigenvalue weighted by Crippen LogP contribution is 2.28. The number of phenolic OH excluding ortho intramolecular Hbond substituents is 1. The van der Waals surface area contributed by atoms with Gasteiger partial charge in [-0.1, -0.05) is 25.1 Å². The minimum atomic E-state index is -0.210. The van der Waals surface area contributed by atoms with Gasteiger partial charge in [-0.15, -0.1) is 0 Å². The number of fused-ring (bicyclic) bond motifs is 1. The highest BCUT2D eigenvalue weighted by Gasteiger charge is 2.12. The Kier molecular flexibility index (Phi) is 4.11. The summed E-state index contributed by atoms with van der Waals surface area (Å²) in [5.74, 6) is 0.0776. The molecule has 3 rings (SSSR count). The third-order valence-corrected chi connectivity index (χ3v) is 3.90. The average molecular weight is 298 g/mol. The Hall–Kier alpha value is -2.33. The van der Waals surface area contributed by atoms with Crippen molar-refractivity contribution in [1.29, 1.82) is 0 Å². The Morgan fingerprint density at radius 2 is 1.95 bits per heavy atom. The van der Waals surface area contributed by atoms with Crippen LogP contribution in [0.4, 0.5) is 4.39 Å². The summed E-state index contributed by atoms with van der Waals surface area (Å²) < 4.78 is 13.3. The number of H-pyrrole nitrogens is 1. The summed E-state index contributed by atoms with van der Waals surface area (Å²) in [5.41, 5.74) is 2.93. The summed E-state index contributed by atoms with van der Waals surface area (Å²) in [6, 6.07) is 12.1. The van der Waals surface area contributed by atoms with Crippen molar-refractivity contribution in [2.75, 3.05) is 6.54 Å². The Morgan fingerprint density at radius 3 is 2.73 bits per heavy atom. The second-order valence-corrected chi connectivity index (χ2v) is 5.45. The van der Waals surface area contributed by atoms with E-state index in [-0.39, 0.29) is 11.6 Å². The summed E-state index contributed by atoms with van der Waals surface area (Å²) in [7, 11) is 0. The number of benzene rings is 2. The van der Waals surface area contributed by atoms with Gasteiger partial charge in [-0.3, -0.25) is 4.90 Å². The Labute approximate surface area is 129 Å². The number of hydrogen-bond donors (Lipinski definition) is 2. The van der Waals surface area contributed by atoms with E-state index < -0.39 is 0 Å². The first kappa shape index (κ1) is 14.6. The van der Waals surface area contributed by atoms with Crippen molar-refractivity contribution in [3.8, 4) is 5.75 Å². The molecule has 114 valence electrons. The highest BCUT2D eigenvalue weighted by molar-refractivity contribution is 5.88. The lowest BCUT2D eigenvalue weighted by molar-refractivity contribution is 0.272. The Morgan fingerprint density at radius 1 is 1.14 bits per heavy atom. The molecule has 0 aliphatic heterocycles. The predicted molar refractivity (Wildman–Crippen MR) is 86.2 cm³/mol. The van der Waals surface area contributed by atoms with Gasteiger partial charge >= 0.3 is 0 Å². The summed E-state index contributed by atoms with van der Waals surface area (Å²) in [4.78, 5) is 5.40. The van der Waals surface area contributed by atoms with Gasteiger partial charge < -0.3 is 10.1 Å². The molecule has 3 aromatic rings. The number of halogens is 1. The van der Waals surface area contributed by atoms with Crippen LogP contribution in [-0.2, 0) is 13.1 Å². The molecule has 0 radical (unpaired) electrons. The van der Waals surface area contributed by atoms with E-state index >= 15 is 0 Å². The zero-order chi connectivity index (χ0) is 15.5.